The van der Waals surface area contributed by atoms with Crippen LogP contribution in [0.25, 0.3) is 0 Å². The highest BCUT2D eigenvalue weighted by molar-refractivity contribution is 5.80. The van der Waals surface area contributed by atoms with Crippen LogP contribution >= 0.6 is 0 Å². The number of carbonyl (C=O) groups excluding carboxylic acids is 1. The van der Waals surface area contributed by atoms with E-state index in [9.17, 15) is 4.79 Å². The van der Waals surface area contributed by atoms with E-state index in [0.717, 1.165) is 5.75 Å². The van der Waals surface area contributed by atoms with Gasteiger partial charge in [0.05, 0.1) is 6.61 Å². The number of esters is 1. The summed E-state index contributed by atoms with van der Waals surface area (Å²) in [5, 5.41) is 3.21. The summed E-state index contributed by atoms with van der Waals surface area (Å²) in [4.78, 5) is 12.1. The number of para-hydroxylation sites is 1. The highest BCUT2D eigenvalue weighted by atomic mass is 16.5. The Kier molecular flexibility index (Phi) is 5.83. The molecule has 0 aliphatic heterocycles. The van der Waals surface area contributed by atoms with Gasteiger partial charge in [-0.05, 0) is 39.8 Å². The van der Waals surface area contributed by atoms with Gasteiger partial charge in [0.2, 0.25) is 0 Å². The second kappa shape index (κ2) is 7.14. The quantitative estimate of drug-likeness (QED) is 0.769. The molecule has 0 saturated carbocycles. The minimum atomic E-state index is -0.847. The number of benzene rings is 1. The van der Waals surface area contributed by atoms with Crippen molar-refractivity contribution >= 4 is 5.97 Å². The summed E-state index contributed by atoms with van der Waals surface area (Å²) in [6, 6.07) is 9.60. The van der Waals surface area contributed by atoms with Crippen molar-refractivity contribution in [1.29, 1.82) is 0 Å². The van der Waals surface area contributed by atoms with Gasteiger partial charge in [-0.3, -0.25) is 5.32 Å². The lowest BCUT2D eigenvalue weighted by Gasteiger charge is -2.30. The largest absolute Gasteiger partial charge is 0.491 e. The summed E-state index contributed by atoms with van der Waals surface area (Å²) in [5.74, 6) is 0.447. The first-order valence-corrected chi connectivity index (χ1v) is 6.60. The molecular weight excluding hydrogens is 242 g/mol. The van der Waals surface area contributed by atoms with Crippen LogP contribution in [0.1, 0.15) is 27.7 Å². The molecule has 0 bridgehead atoms. The van der Waals surface area contributed by atoms with Crippen molar-refractivity contribution in [3.8, 4) is 5.75 Å². The van der Waals surface area contributed by atoms with Gasteiger partial charge in [-0.1, -0.05) is 18.2 Å². The number of ether oxygens (including phenoxy) is 2. The van der Waals surface area contributed by atoms with Gasteiger partial charge in [-0.25, -0.2) is 4.79 Å². The van der Waals surface area contributed by atoms with Crippen LogP contribution in [0, 0.1) is 0 Å². The summed E-state index contributed by atoms with van der Waals surface area (Å²) in [6.45, 7) is 8.16. The molecule has 0 aliphatic rings. The molecule has 0 aliphatic carbocycles. The summed E-state index contributed by atoms with van der Waals surface area (Å²) >= 11 is 0. The Bertz CT molecular complexity index is 392. The van der Waals surface area contributed by atoms with E-state index in [0.29, 0.717) is 6.61 Å². The van der Waals surface area contributed by atoms with Crippen molar-refractivity contribution in [2.45, 2.75) is 39.3 Å². The van der Waals surface area contributed by atoms with Crippen molar-refractivity contribution in [2.75, 3.05) is 13.2 Å². The smallest absolute Gasteiger partial charge is 0.329 e. The molecule has 19 heavy (non-hydrogen) atoms. The lowest BCUT2D eigenvalue weighted by Crippen LogP contribution is -2.57. The van der Waals surface area contributed by atoms with Crippen LogP contribution in [-0.4, -0.2) is 30.8 Å². The zero-order valence-electron chi connectivity index (χ0n) is 12.1. The van der Waals surface area contributed by atoms with Gasteiger partial charge >= 0.3 is 5.97 Å². The Morgan fingerprint density at radius 3 is 2.47 bits per heavy atom. The van der Waals surface area contributed by atoms with Gasteiger partial charge in [0.25, 0.3) is 0 Å². The fourth-order valence-corrected chi connectivity index (χ4v) is 1.83. The normalized spacial score (nSPS) is 13.9. The van der Waals surface area contributed by atoms with E-state index < -0.39 is 5.54 Å². The molecule has 1 atom stereocenters. The summed E-state index contributed by atoms with van der Waals surface area (Å²) in [6.07, 6.45) is 0. The third-order valence-corrected chi connectivity index (χ3v) is 2.60. The van der Waals surface area contributed by atoms with E-state index >= 15 is 0 Å². The fraction of sp³-hybridized carbons (Fsp3) is 0.533. The molecule has 1 unspecified atom stereocenters. The second-order valence-electron chi connectivity index (χ2n) is 4.95. The maximum absolute atomic E-state index is 12.1. The first-order chi connectivity index (χ1) is 8.98. The van der Waals surface area contributed by atoms with Gasteiger partial charge in [0, 0.05) is 6.04 Å². The number of hydrogen-bond acceptors (Lipinski definition) is 4. The summed E-state index contributed by atoms with van der Waals surface area (Å²) in [5.41, 5.74) is -0.847. The van der Waals surface area contributed by atoms with Crippen molar-refractivity contribution in [3.05, 3.63) is 30.3 Å². The molecular formula is C15H23NO3. The minimum absolute atomic E-state index is 0.161. The first kappa shape index (κ1) is 15.5. The van der Waals surface area contributed by atoms with Crippen molar-refractivity contribution in [2.24, 2.45) is 0 Å². The molecule has 0 amide bonds. The van der Waals surface area contributed by atoms with E-state index in [1.165, 1.54) is 0 Å². The monoisotopic (exact) mass is 265 g/mol. The average Bonchev–Trinajstić information content (AvgIpc) is 2.37. The Balaban J connectivity index is 2.71. The molecule has 4 nitrogen and oxygen atoms in total. The number of rotatable bonds is 7. The number of carbonyl (C=O) groups is 1. The number of nitrogens with one attached hydrogen (secondary N) is 1. The molecule has 4 heteroatoms. The topological polar surface area (TPSA) is 47.6 Å². The van der Waals surface area contributed by atoms with E-state index in [1.807, 2.05) is 44.2 Å². The standard InChI is InChI=1S/C15H23NO3/c1-5-18-14(17)15(4,16-12(2)3)11-19-13-9-7-6-8-10-13/h6-10,12,16H,5,11H2,1-4H3. The Morgan fingerprint density at radius 1 is 1.32 bits per heavy atom. The average molecular weight is 265 g/mol. The first-order valence-electron chi connectivity index (χ1n) is 6.60. The van der Waals surface area contributed by atoms with Crippen LogP contribution in [0.3, 0.4) is 0 Å². The van der Waals surface area contributed by atoms with Crippen LogP contribution in [0.5, 0.6) is 5.75 Å². The molecule has 0 saturated heterocycles. The Labute approximate surface area is 115 Å². The molecule has 1 aromatic carbocycles. The van der Waals surface area contributed by atoms with Crippen molar-refractivity contribution in [3.63, 3.8) is 0 Å². The van der Waals surface area contributed by atoms with Gasteiger partial charge in [-0.15, -0.1) is 0 Å². The van der Waals surface area contributed by atoms with Crippen LogP contribution in [-0.2, 0) is 9.53 Å². The molecule has 0 radical (unpaired) electrons. The van der Waals surface area contributed by atoms with Crippen molar-refractivity contribution in [1.82, 2.24) is 5.32 Å². The molecule has 1 rings (SSSR count). The molecule has 0 spiro atoms. The molecule has 1 aromatic rings. The lowest BCUT2D eigenvalue weighted by atomic mass is 10.0. The second-order valence-corrected chi connectivity index (χ2v) is 4.95. The van der Waals surface area contributed by atoms with Crippen LogP contribution in [0.4, 0.5) is 0 Å². The lowest BCUT2D eigenvalue weighted by molar-refractivity contribution is -0.152. The molecule has 0 fully saturated rings. The summed E-state index contributed by atoms with van der Waals surface area (Å²) < 4.78 is 10.8. The minimum Gasteiger partial charge on any atom is -0.491 e. The third-order valence-electron chi connectivity index (χ3n) is 2.60. The van der Waals surface area contributed by atoms with Gasteiger partial charge < -0.3 is 9.47 Å². The SMILES string of the molecule is CCOC(=O)C(C)(COc1ccccc1)NC(C)C. The molecule has 1 N–H and O–H groups in total. The zero-order chi connectivity index (χ0) is 14.3. The highest BCUT2D eigenvalue weighted by Gasteiger charge is 2.36. The third kappa shape index (κ3) is 4.91. The predicted octanol–water partition coefficient (Wildman–Crippen LogP) is 2.39. The zero-order valence-corrected chi connectivity index (χ0v) is 12.1. The number of hydrogen-bond donors (Lipinski definition) is 1. The Hall–Kier alpha value is -1.55. The highest BCUT2D eigenvalue weighted by Crippen LogP contribution is 2.14. The van der Waals surface area contributed by atoms with Crippen LogP contribution < -0.4 is 10.1 Å². The van der Waals surface area contributed by atoms with Crippen LogP contribution in [0.2, 0.25) is 0 Å². The van der Waals surface area contributed by atoms with Gasteiger partial charge in [-0.2, -0.15) is 0 Å². The van der Waals surface area contributed by atoms with Crippen LogP contribution in [0.15, 0.2) is 30.3 Å². The predicted molar refractivity (Wildman–Crippen MR) is 75.2 cm³/mol. The van der Waals surface area contributed by atoms with Gasteiger partial charge in [0.15, 0.2) is 0 Å². The van der Waals surface area contributed by atoms with E-state index in [-0.39, 0.29) is 18.6 Å². The maximum atomic E-state index is 12.1. The van der Waals surface area contributed by atoms with E-state index in [4.69, 9.17) is 9.47 Å². The molecule has 106 valence electrons. The van der Waals surface area contributed by atoms with E-state index in [1.54, 1.807) is 13.8 Å². The molecule has 0 heterocycles. The fourth-order valence-electron chi connectivity index (χ4n) is 1.83. The Morgan fingerprint density at radius 2 is 1.95 bits per heavy atom. The summed E-state index contributed by atoms with van der Waals surface area (Å²) in [7, 11) is 0. The maximum Gasteiger partial charge on any atom is 0.329 e. The van der Waals surface area contributed by atoms with Crippen molar-refractivity contribution < 1.29 is 14.3 Å². The van der Waals surface area contributed by atoms with E-state index in [2.05, 4.69) is 5.32 Å². The van der Waals surface area contributed by atoms with Gasteiger partial charge in [0.1, 0.15) is 17.9 Å². The molecule has 0 aromatic heterocycles.